The van der Waals surface area contributed by atoms with Crippen molar-refractivity contribution in [3.8, 4) is 11.5 Å². The van der Waals surface area contributed by atoms with E-state index in [0.717, 1.165) is 50.4 Å². The maximum atomic E-state index is 12.7. The smallest absolute Gasteiger partial charge is 0.344 e. The highest BCUT2D eigenvalue weighted by molar-refractivity contribution is 5.98. The van der Waals surface area contributed by atoms with Crippen molar-refractivity contribution in [3.05, 3.63) is 83.4 Å². The molecule has 0 amide bonds. The van der Waals surface area contributed by atoms with Gasteiger partial charge in [0.25, 0.3) is 0 Å². The summed E-state index contributed by atoms with van der Waals surface area (Å²) in [5.41, 5.74) is 4.62. The molecule has 0 aromatic heterocycles. The topological polar surface area (TPSA) is 63.3 Å². The van der Waals surface area contributed by atoms with Crippen LogP contribution in [0.25, 0.3) is 0 Å². The van der Waals surface area contributed by atoms with Gasteiger partial charge in [0.1, 0.15) is 5.56 Å². The Balaban J connectivity index is 1.24. The number of cyclic esters (lactones) is 1. The lowest BCUT2D eigenvalue weighted by atomic mass is 10.0. The number of anilines is 2. The quantitative estimate of drug-likeness (QED) is 0.488. The van der Waals surface area contributed by atoms with Gasteiger partial charge in [-0.15, -0.1) is 0 Å². The summed E-state index contributed by atoms with van der Waals surface area (Å²) in [6.07, 6.45) is 0.335. The molecule has 1 atom stereocenters. The van der Waals surface area contributed by atoms with E-state index < -0.39 is 12.2 Å². The van der Waals surface area contributed by atoms with Gasteiger partial charge in [0.05, 0.1) is 14.2 Å². The van der Waals surface area contributed by atoms with E-state index in [0.29, 0.717) is 17.1 Å². The van der Waals surface area contributed by atoms with Crippen LogP contribution in [0.1, 0.15) is 27.7 Å². The zero-order chi connectivity index (χ0) is 24.2. The average molecular weight is 474 g/mol. The van der Waals surface area contributed by atoms with Gasteiger partial charge in [0.15, 0.2) is 11.5 Å². The first-order chi connectivity index (χ1) is 17.2. The summed E-state index contributed by atoms with van der Waals surface area (Å²) in [5.74, 6) is 0.501. The fraction of sp³-hybridized carbons (Fsp3) is 0.321. The molecule has 2 aliphatic heterocycles. The Morgan fingerprint density at radius 1 is 0.914 bits per heavy atom. The van der Waals surface area contributed by atoms with E-state index in [1.807, 2.05) is 18.2 Å². The molecule has 2 heterocycles. The average Bonchev–Trinajstić information content (AvgIpc) is 3.23. The molecule has 1 fully saturated rings. The Morgan fingerprint density at radius 3 is 2.40 bits per heavy atom. The molecule has 3 aromatic rings. The lowest BCUT2D eigenvalue weighted by Gasteiger charge is -2.36. The highest BCUT2D eigenvalue weighted by atomic mass is 16.6. The zero-order valence-corrected chi connectivity index (χ0v) is 20.2. The van der Waals surface area contributed by atoms with Gasteiger partial charge < -0.3 is 24.4 Å². The number of nitrogens with one attached hydrogen (secondary N) is 1. The minimum atomic E-state index is -0.576. The maximum Gasteiger partial charge on any atom is 0.344 e. The number of rotatable bonds is 8. The first-order valence-corrected chi connectivity index (χ1v) is 12.0. The number of nitrogens with zero attached hydrogens (tertiary/aromatic N) is 2. The SMILES string of the molecule is COc1ccc2c(c1OC)C(=O)OC2Nc1ccccc1CCN1CCN(c2ccccc2)CC1. The number of benzene rings is 3. The molecule has 0 spiro atoms. The van der Waals surface area contributed by atoms with Crippen LogP contribution >= 0.6 is 0 Å². The van der Waals surface area contributed by atoms with Crippen molar-refractivity contribution in [1.82, 2.24) is 4.90 Å². The molecule has 182 valence electrons. The second kappa shape index (κ2) is 10.3. The van der Waals surface area contributed by atoms with Gasteiger partial charge >= 0.3 is 5.97 Å². The Kier molecular flexibility index (Phi) is 6.77. The number of para-hydroxylation sites is 2. The Labute approximate surface area is 206 Å². The molecule has 5 rings (SSSR count). The van der Waals surface area contributed by atoms with Crippen LogP contribution in [-0.2, 0) is 11.2 Å². The van der Waals surface area contributed by atoms with Crippen LogP contribution in [0.4, 0.5) is 11.4 Å². The number of piperazine rings is 1. The third-order valence-electron chi connectivity index (χ3n) is 6.78. The minimum Gasteiger partial charge on any atom is -0.493 e. The van der Waals surface area contributed by atoms with Crippen molar-refractivity contribution in [1.29, 1.82) is 0 Å². The summed E-state index contributed by atoms with van der Waals surface area (Å²) in [4.78, 5) is 17.6. The molecular formula is C28H31N3O4. The van der Waals surface area contributed by atoms with E-state index >= 15 is 0 Å². The molecule has 2 aliphatic rings. The molecular weight excluding hydrogens is 442 g/mol. The first kappa shape index (κ1) is 23.1. The molecule has 35 heavy (non-hydrogen) atoms. The van der Waals surface area contributed by atoms with Crippen LogP contribution in [0, 0.1) is 0 Å². The Morgan fingerprint density at radius 2 is 1.66 bits per heavy atom. The van der Waals surface area contributed by atoms with Crippen LogP contribution in [0.2, 0.25) is 0 Å². The largest absolute Gasteiger partial charge is 0.493 e. The van der Waals surface area contributed by atoms with Crippen LogP contribution < -0.4 is 19.7 Å². The van der Waals surface area contributed by atoms with Crippen molar-refractivity contribution in [2.24, 2.45) is 0 Å². The second-order valence-corrected chi connectivity index (χ2v) is 8.77. The van der Waals surface area contributed by atoms with Gasteiger partial charge in [-0.2, -0.15) is 0 Å². The molecule has 0 aliphatic carbocycles. The van der Waals surface area contributed by atoms with Crippen LogP contribution in [0.5, 0.6) is 11.5 Å². The predicted octanol–water partition coefficient (Wildman–Crippen LogP) is 4.35. The van der Waals surface area contributed by atoms with Gasteiger partial charge in [0.2, 0.25) is 6.23 Å². The first-order valence-electron chi connectivity index (χ1n) is 12.0. The normalized spacial score (nSPS) is 17.6. The van der Waals surface area contributed by atoms with E-state index in [-0.39, 0.29) is 0 Å². The summed E-state index contributed by atoms with van der Waals surface area (Å²) < 4.78 is 16.5. The monoisotopic (exact) mass is 473 g/mol. The van der Waals surface area contributed by atoms with Crippen LogP contribution in [0.3, 0.4) is 0 Å². The van der Waals surface area contributed by atoms with E-state index in [9.17, 15) is 4.79 Å². The highest BCUT2D eigenvalue weighted by Crippen LogP contribution is 2.42. The van der Waals surface area contributed by atoms with Gasteiger partial charge in [0, 0.05) is 49.7 Å². The van der Waals surface area contributed by atoms with E-state index in [4.69, 9.17) is 14.2 Å². The fourth-order valence-corrected chi connectivity index (χ4v) is 4.88. The maximum absolute atomic E-state index is 12.7. The summed E-state index contributed by atoms with van der Waals surface area (Å²) in [7, 11) is 3.08. The number of hydrogen-bond donors (Lipinski definition) is 1. The molecule has 1 saturated heterocycles. The van der Waals surface area contributed by atoms with Gasteiger partial charge in [-0.3, -0.25) is 4.90 Å². The van der Waals surface area contributed by atoms with Crippen LogP contribution in [-0.4, -0.2) is 57.8 Å². The summed E-state index contributed by atoms with van der Waals surface area (Å²) in [5, 5.41) is 3.43. The predicted molar refractivity (Wildman–Crippen MR) is 137 cm³/mol. The summed E-state index contributed by atoms with van der Waals surface area (Å²) >= 11 is 0. The molecule has 3 aromatic carbocycles. The standard InChI is InChI=1S/C28H31N3O4/c1-33-24-13-12-22-25(26(24)34-2)28(32)35-27(22)29-23-11-7-6-8-20(23)14-15-30-16-18-31(19-17-30)21-9-4-3-5-10-21/h3-13,27,29H,14-19H2,1-2H3. The lowest BCUT2D eigenvalue weighted by Crippen LogP contribution is -2.47. The number of methoxy groups -OCH3 is 2. The molecule has 0 radical (unpaired) electrons. The summed E-state index contributed by atoms with van der Waals surface area (Å²) in [6.45, 7) is 5.13. The van der Waals surface area contributed by atoms with Gasteiger partial charge in [-0.25, -0.2) is 4.79 Å². The molecule has 0 bridgehead atoms. The minimum absolute atomic E-state index is 0.405. The molecule has 1 N–H and O–H groups in total. The van der Waals surface area contributed by atoms with Crippen molar-refractivity contribution < 1.29 is 19.0 Å². The van der Waals surface area contributed by atoms with E-state index in [1.165, 1.54) is 18.4 Å². The lowest BCUT2D eigenvalue weighted by molar-refractivity contribution is 0.0435. The number of ether oxygens (including phenoxy) is 3. The van der Waals surface area contributed by atoms with Crippen molar-refractivity contribution in [2.75, 3.05) is 57.2 Å². The summed E-state index contributed by atoms with van der Waals surface area (Å²) in [6, 6.07) is 22.5. The Hall–Kier alpha value is -3.71. The van der Waals surface area contributed by atoms with Gasteiger partial charge in [-0.05, 0) is 42.3 Å². The molecule has 7 nitrogen and oxygen atoms in total. The highest BCUT2D eigenvalue weighted by Gasteiger charge is 2.36. The van der Waals surface area contributed by atoms with Crippen molar-refractivity contribution in [2.45, 2.75) is 12.6 Å². The Bertz CT molecular complexity index is 1180. The number of fused-ring (bicyclic) bond motifs is 1. The number of carbonyl (C=O) groups excluding carboxylic acids is 1. The zero-order valence-electron chi connectivity index (χ0n) is 20.2. The third-order valence-corrected chi connectivity index (χ3v) is 6.78. The van der Waals surface area contributed by atoms with E-state index in [1.54, 1.807) is 13.2 Å². The van der Waals surface area contributed by atoms with Gasteiger partial charge in [-0.1, -0.05) is 36.4 Å². The third kappa shape index (κ3) is 4.77. The van der Waals surface area contributed by atoms with Crippen LogP contribution in [0.15, 0.2) is 66.7 Å². The van der Waals surface area contributed by atoms with Crippen molar-refractivity contribution in [3.63, 3.8) is 0 Å². The van der Waals surface area contributed by atoms with E-state index in [2.05, 4.69) is 57.6 Å². The van der Waals surface area contributed by atoms with Crippen molar-refractivity contribution >= 4 is 17.3 Å². The number of carbonyl (C=O) groups is 1. The molecule has 7 heteroatoms. The number of esters is 1. The fourth-order valence-electron chi connectivity index (χ4n) is 4.88. The second-order valence-electron chi connectivity index (χ2n) is 8.77. The number of hydrogen-bond acceptors (Lipinski definition) is 7. The molecule has 0 saturated carbocycles. The molecule has 1 unspecified atom stereocenters.